The minimum absolute atomic E-state index is 0.0896. The van der Waals surface area contributed by atoms with E-state index in [2.05, 4.69) is 0 Å². The molecule has 0 aromatic carbocycles. The molecule has 110 valence electrons. The Morgan fingerprint density at radius 2 is 2.35 bits per heavy atom. The maximum atomic E-state index is 12.5. The van der Waals surface area contributed by atoms with E-state index in [-0.39, 0.29) is 18.2 Å². The molecule has 4 nitrogen and oxygen atoms in total. The van der Waals surface area contributed by atoms with Crippen LogP contribution in [0, 0.1) is 5.92 Å². The highest BCUT2D eigenvalue weighted by atomic mass is 32.1. The lowest BCUT2D eigenvalue weighted by atomic mass is 9.92. The monoisotopic (exact) mass is 295 g/mol. The number of thiophene rings is 1. The number of carbonyl (C=O) groups excluding carboxylic acids is 1. The lowest BCUT2D eigenvalue weighted by Crippen LogP contribution is -2.41. The fourth-order valence-corrected chi connectivity index (χ4v) is 3.54. The Hall–Kier alpha value is -1.36. The second kappa shape index (κ2) is 6.88. The third kappa shape index (κ3) is 3.82. The zero-order chi connectivity index (χ0) is 14.5. The first-order valence-corrected chi connectivity index (χ1v) is 8.00. The van der Waals surface area contributed by atoms with Crippen molar-refractivity contribution >= 4 is 23.2 Å². The van der Waals surface area contributed by atoms with Gasteiger partial charge in [-0.25, -0.2) is 0 Å². The first-order chi connectivity index (χ1) is 9.58. The van der Waals surface area contributed by atoms with Gasteiger partial charge >= 0.3 is 5.97 Å². The largest absolute Gasteiger partial charge is 0.481 e. The molecule has 0 bridgehead atoms. The Kier molecular flexibility index (Phi) is 5.17. The van der Waals surface area contributed by atoms with Crippen molar-refractivity contribution in [1.29, 1.82) is 0 Å². The predicted molar refractivity (Wildman–Crippen MR) is 78.9 cm³/mol. The highest BCUT2D eigenvalue weighted by Gasteiger charge is 2.27. The van der Waals surface area contributed by atoms with Crippen LogP contribution in [0.2, 0.25) is 0 Å². The fraction of sp³-hybridized carbons (Fsp3) is 0.600. The number of hydrogen-bond acceptors (Lipinski definition) is 3. The third-order valence-electron chi connectivity index (χ3n) is 3.94. The summed E-state index contributed by atoms with van der Waals surface area (Å²) in [6.07, 6.45) is 2.89. The summed E-state index contributed by atoms with van der Waals surface area (Å²) in [5.74, 6) is -0.333. The molecule has 5 heteroatoms. The third-order valence-corrected chi connectivity index (χ3v) is 4.99. The average molecular weight is 295 g/mol. The van der Waals surface area contributed by atoms with Crippen molar-refractivity contribution in [1.82, 2.24) is 4.90 Å². The van der Waals surface area contributed by atoms with Gasteiger partial charge in [0, 0.05) is 24.4 Å². The van der Waals surface area contributed by atoms with Crippen LogP contribution < -0.4 is 0 Å². The van der Waals surface area contributed by atoms with Gasteiger partial charge in [-0.15, -0.1) is 11.3 Å². The van der Waals surface area contributed by atoms with E-state index in [1.54, 1.807) is 11.3 Å². The molecule has 1 saturated heterocycles. The molecule has 20 heavy (non-hydrogen) atoms. The number of carboxylic acids is 1. The molecule has 1 N–H and O–H groups in total. The van der Waals surface area contributed by atoms with Crippen LogP contribution in [0.1, 0.15) is 43.4 Å². The summed E-state index contributed by atoms with van der Waals surface area (Å²) in [7, 11) is 0. The molecular formula is C15H21NO3S. The van der Waals surface area contributed by atoms with E-state index in [0.29, 0.717) is 18.9 Å². The molecule has 1 aliphatic heterocycles. The second-order valence-corrected chi connectivity index (χ2v) is 6.44. The summed E-state index contributed by atoms with van der Waals surface area (Å²) in [6, 6.07) is 3.97. The lowest BCUT2D eigenvalue weighted by molar-refractivity contribution is -0.137. The van der Waals surface area contributed by atoms with E-state index in [4.69, 9.17) is 5.11 Å². The maximum absolute atomic E-state index is 12.5. The van der Waals surface area contributed by atoms with Crippen LogP contribution >= 0.6 is 11.3 Å². The van der Waals surface area contributed by atoms with Gasteiger partial charge in [0.25, 0.3) is 0 Å². The van der Waals surface area contributed by atoms with Gasteiger partial charge < -0.3 is 10.0 Å². The molecule has 0 aliphatic carbocycles. The van der Waals surface area contributed by atoms with Crippen molar-refractivity contribution in [3.05, 3.63) is 22.4 Å². The van der Waals surface area contributed by atoms with E-state index in [1.807, 2.05) is 29.3 Å². The summed E-state index contributed by atoms with van der Waals surface area (Å²) in [4.78, 5) is 26.2. The molecule has 2 atom stereocenters. The molecule has 0 saturated carbocycles. The van der Waals surface area contributed by atoms with Gasteiger partial charge in [-0.2, -0.15) is 0 Å². The first-order valence-electron chi connectivity index (χ1n) is 7.12. The van der Waals surface area contributed by atoms with E-state index in [9.17, 15) is 9.59 Å². The van der Waals surface area contributed by atoms with Gasteiger partial charge in [0.1, 0.15) is 0 Å². The topological polar surface area (TPSA) is 57.6 Å². The van der Waals surface area contributed by atoms with Crippen molar-refractivity contribution in [3.8, 4) is 0 Å². The first kappa shape index (κ1) is 15.0. The number of carbonyl (C=O) groups is 2. The zero-order valence-corrected chi connectivity index (χ0v) is 12.6. The van der Waals surface area contributed by atoms with Crippen LogP contribution in [-0.2, 0) is 9.59 Å². The molecule has 1 fully saturated rings. The second-order valence-electron chi connectivity index (χ2n) is 5.46. The zero-order valence-electron chi connectivity index (χ0n) is 11.7. The normalized spacial score (nSPS) is 20.6. The standard InChI is InChI=1S/C15H21NO3S/c1-11(13-5-3-9-20-13)15(19)16-8-2-4-12(10-16)6-7-14(17)18/h3,5,9,11-12H,2,4,6-8,10H2,1H3,(H,17,18)/t11-,12+/m1/s1. The summed E-state index contributed by atoms with van der Waals surface area (Å²) in [5.41, 5.74) is 0. The minimum atomic E-state index is -0.750. The van der Waals surface area contributed by atoms with Crippen molar-refractivity contribution in [3.63, 3.8) is 0 Å². The van der Waals surface area contributed by atoms with Gasteiger partial charge in [0.15, 0.2) is 0 Å². The van der Waals surface area contributed by atoms with Gasteiger partial charge in [-0.1, -0.05) is 6.07 Å². The Morgan fingerprint density at radius 1 is 1.55 bits per heavy atom. The predicted octanol–water partition coefficient (Wildman–Crippen LogP) is 2.96. The molecule has 0 radical (unpaired) electrons. The highest BCUT2D eigenvalue weighted by molar-refractivity contribution is 7.10. The summed E-state index contributed by atoms with van der Waals surface area (Å²) in [5, 5.41) is 10.7. The Balaban J connectivity index is 1.91. The van der Waals surface area contributed by atoms with Crippen LogP contribution in [-0.4, -0.2) is 35.0 Å². The molecule has 0 unspecified atom stereocenters. The minimum Gasteiger partial charge on any atom is -0.481 e. The van der Waals surface area contributed by atoms with Crippen molar-refractivity contribution in [2.45, 2.75) is 38.5 Å². The van der Waals surface area contributed by atoms with Gasteiger partial charge in [0.2, 0.25) is 5.91 Å². The maximum Gasteiger partial charge on any atom is 0.303 e. The van der Waals surface area contributed by atoms with Crippen molar-refractivity contribution in [2.75, 3.05) is 13.1 Å². The molecule has 1 aromatic heterocycles. The molecule has 0 spiro atoms. The Labute approximate surface area is 123 Å². The Morgan fingerprint density at radius 3 is 3.00 bits per heavy atom. The highest BCUT2D eigenvalue weighted by Crippen LogP contribution is 2.27. The van der Waals surface area contributed by atoms with Gasteiger partial charge in [-0.05, 0) is 43.6 Å². The average Bonchev–Trinajstić information content (AvgIpc) is 2.98. The number of amides is 1. The van der Waals surface area contributed by atoms with E-state index in [0.717, 1.165) is 24.3 Å². The molecule has 2 rings (SSSR count). The lowest BCUT2D eigenvalue weighted by Gasteiger charge is -2.34. The summed E-state index contributed by atoms with van der Waals surface area (Å²) < 4.78 is 0. The molecule has 1 aliphatic rings. The van der Waals surface area contributed by atoms with Crippen LogP contribution in [0.3, 0.4) is 0 Å². The number of hydrogen-bond donors (Lipinski definition) is 1. The fourth-order valence-electron chi connectivity index (χ4n) is 2.76. The molecule has 1 amide bonds. The summed E-state index contributed by atoms with van der Waals surface area (Å²) >= 11 is 1.61. The van der Waals surface area contributed by atoms with E-state index < -0.39 is 5.97 Å². The number of piperidine rings is 1. The molecular weight excluding hydrogens is 274 g/mol. The SMILES string of the molecule is C[C@@H](C(=O)N1CCC[C@@H](CCC(=O)O)C1)c1cccs1. The van der Waals surface area contributed by atoms with Crippen LogP contribution in [0.25, 0.3) is 0 Å². The van der Waals surface area contributed by atoms with Gasteiger partial charge in [0.05, 0.1) is 5.92 Å². The van der Waals surface area contributed by atoms with Gasteiger partial charge in [-0.3, -0.25) is 9.59 Å². The molecule has 2 heterocycles. The van der Waals surface area contributed by atoms with Crippen molar-refractivity contribution < 1.29 is 14.7 Å². The van der Waals surface area contributed by atoms with Crippen LogP contribution in [0.4, 0.5) is 0 Å². The summed E-state index contributed by atoms with van der Waals surface area (Å²) in [6.45, 7) is 3.47. The van der Waals surface area contributed by atoms with Crippen LogP contribution in [0.15, 0.2) is 17.5 Å². The number of aliphatic carboxylic acids is 1. The van der Waals surface area contributed by atoms with Crippen molar-refractivity contribution in [2.24, 2.45) is 5.92 Å². The quantitative estimate of drug-likeness (QED) is 0.908. The Bertz CT molecular complexity index is 458. The smallest absolute Gasteiger partial charge is 0.303 e. The van der Waals surface area contributed by atoms with E-state index in [1.165, 1.54) is 0 Å². The van der Waals surface area contributed by atoms with Crippen LogP contribution in [0.5, 0.6) is 0 Å². The number of likely N-dealkylation sites (tertiary alicyclic amines) is 1. The number of rotatable bonds is 5. The number of nitrogens with zero attached hydrogens (tertiary/aromatic N) is 1. The van der Waals surface area contributed by atoms with E-state index >= 15 is 0 Å². The number of carboxylic acid groups (broad SMARTS) is 1. The molecule has 1 aromatic rings.